The minimum absolute atomic E-state index is 0.0761. The van der Waals surface area contributed by atoms with Gasteiger partial charge in [0.1, 0.15) is 4.88 Å². The van der Waals surface area contributed by atoms with E-state index >= 15 is 0 Å². The molecule has 1 atom stereocenters. The summed E-state index contributed by atoms with van der Waals surface area (Å²) in [4.78, 5) is 27.3. The van der Waals surface area contributed by atoms with E-state index in [1.54, 1.807) is 6.92 Å². The van der Waals surface area contributed by atoms with E-state index in [2.05, 4.69) is 10.6 Å². The Morgan fingerprint density at radius 1 is 1.11 bits per heavy atom. The van der Waals surface area contributed by atoms with Crippen molar-refractivity contribution in [3.05, 3.63) is 57.6 Å². The van der Waals surface area contributed by atoms with Crippen molar-refractivity contribution in [2.24, 2.45) is 17.8 Å². The van der Waals surface area contributed by atoms with Crippen LogP contribution >= 0.6 is 11.3 Å². The maximum Gasteiger partial charge on any atom is 0.336 e. The van der Waals surface area contributed by atoms with Crippen LogP contribution in [0.2, 0.25) is 0 Å². The number of thiophene rings is 1. The van der Waals surface area contributed by atoms with Gasteiger partial charge >= 0.3 is 5.97 Å². The zero-order chi connectivity index (χ0) is 24.3. The number of carbonyl (C=O) groups is 2. The molecule has 1 aromatic carbocycles. The maximum absolute atomic E-state index is 13.7. The van der Waals surface area contributed by atoms with Gasteiger partial charge in [0.05, 0.1) is 22.9 Å². The first-order valence-corrected chi connectivity index (χ1v) is 13.6. The van der Waals surface area contributed by atoms with Crippen molar-refractivity contribution >= 4 is 33.9 Å². The highest BCUT2D eigenvalue weighted by Crippen LogP contribution is 2.56. The van der Waals surface area contributed by atoms with Crippen LogP contribution in [0.3, 0.4) is 0 Å². The average molecular weight is 492 g/mol. The minimum Gasteiger partial charge on any atom is -0.463 e. The Hall–Kier alpha value is -2.80. The van der Waals surface area contributed by atoms with Gasteiger partial charge in [0.2, 0.25) is 0 Å². The molecule has 1 unspecified atom stereocenters. The van der Waals surface area contributed by atoms with E-state index in [0.717, 1.165) is 58.8 Å². The number of nitrogens with one attached hydrogen (secondary N) is 2. The molecule has 0 saturated heterocycles. The van der Waals surface area contributed by atoms with Crippen molar-refractivity contribution in [1.29, 1.82) is 0 Å². The predicted molar refractivity (Wildman–Crippen MR) is 138 cm³/mol. The molecule has 7 rings (SSSR count). The number of nitrogens with two attached hydrogens (primary N) is 1. The van der Waals surface area contributed by atoms with Crippen molar-refractivity contribution in [3.8, 4) is 0 Å². The van der Waals surface area contributed by atoms with Gasteiger partial charge in [-0.2, -0.15) is 0 Å². The van der Waals surface area contributed by atoms with E-state index in [1.807, 2.05) is 37.3 Å². The summed E-state index contributed by atoms with van der Waals surface area (Å²) >= 11 is 1.39. The standard InChI is InChI=1S/C28H33N3O3S/c1-3-34-27(33)20-15(2)30-26-22(21(20)19-7-5-4-6-8-19)23(29)24(35-26)25(32)31-28-12-16-9-17(13-28)11-18(10-16)14-28/h4-8,16-18,21,30H,3,9-14,29H2,1-2H3,(H,31,32). The number of ether oxygens (including phenoxy) is 1. The highest BCUT2D eigenvalue weighted by Gasteiger charge is 2.52. The number of fused-ring (bicyclic) bond motifs is 1. The predicted octanol–water partition coefficient (Wildman–Crippen LogP) is 5.42. The van der Waals surface area contributed by atoms with Gasteiger partial charge in [-0.25, -0.2) is 4.79 Å². The van der Waals surface area contributed by atoms with Crippen LogP contribution in [-0.2, 0) is 9.53 Å². The highest BCUT2D eigenvalue weighted by atomic mass is 32.1. The molecule has 2 heterocycles. The molecule has 4 aliphatic carbocycles. The summed E-state index contributed by atoms with van der Waals surface area (Å²) in [5.74, 6) is 1.43. The summed E-state index contributed by atoms with van der Waals surface area (Å²) < 4.78 is 5.42. The molecule has 4 N–H and O–H groups in total. The molecule has 1 aliphatic heterocycles. The smallest absolute Gasteiger partial charge is 0.336 e. The molecule has 0 radical (unpaired) electrons. The first kappa shape index (κ1) is 22.7. The average Bonchev–Trinajstić information content (AvgIpc) is 3.13. The molecule has 184 valence electrons. The van der Waals surface area contributed by atoms with Crippen LogP contribution in [0, 0.1) is 17.8 Å². The molecule has 1 aromatic heterocycles. The second-order valence-corrected chi connectivity index (χ2v) is 12.0. The molecular weight excluding hydrogens is 458 g/mol. The third-order valence-corrected chi connectivity index (χ3v) is 9.65. The molecule has 0 spiro atoms. The number of rotatable bonds is 5. The van der Waals surface area contributed by atoms with Crippen LogP contribution < -0.4 is 16.4 Å². The van der Waals surface area contributed by atoms with Gasteiger partial charge < -0.3 is 21.1 Å². The maximum atomic E-state index is 13.7. The number of carbonyl (C=O) groups excluding carboxylic acids is 2. The number of hydrogen-bond acceptors (Lipinski definition) is 6. The van der Waals surface area contributed by atoms with Crippen molar-refractivity contribution in [3.63, 3.8) is 0 Å². The molecule has 4 saturated carbocycles. The summed E-state index contributed by atoms with van der Waals surface area (Å²) in [5.41, 5.74) is 10.1. The van der Waals surface area contributed by atoms with Gasteiger partial charge in [-0.3, -0.25) is 4.79 Å². The summed E-state index contributed by atoms with van der Waals surface area (Å²) in [5, 5.41) is 7.66. The van der Waals surface area contributed by atoms with Crippen LogP contribution in [0.15, 0.2) is 41.6 Å². The zero-order valence-corrected chi connectivity index (χ0v) is 21.2. The monoisotopic (exact) mass is 491 g/mol. The molecule has 4 fully saturated rings. The molecule has 1 amide bonds. The van der Waals surface area contributed by atoms with Crippen molar-refractivity contribution in [2.45, 2.75) is 63.8 Å². The Morgan fingerprint density at radius 2 is 1.74 bits per heavy atom. The fourth-order valence-corrected chi connectivity index (χ4v) is 8.73. The summed E-state index contributed by atoms with van der Waals surface area (Å²) in [6.07, 6.45) is 7.26. The highest BCUT2D eigenvalue weighted by molar-refractivity contribution is 7.19. The number of benzene rings is 1. The Bertz CT molecular complexity index is 1180. The van der Waals surface area contributed by atoms with E-state index < -0.39 is 0 Å². The topological polar surface area (TPSA) is 93.4 Å². The first-order chi connectivity index (χ1) is 16.9. The summed E-state index contributed by atoms with van der Waals surface area (Å²) in [6.45, 7) is 3.98. The normalized spacial score (nSPS) is 30.6. The Balaban J connectivity index is 1.37. The molecule has 35 heavy (non-hydrogen) atoms. The molecule has 5 aliphatic rings. The summed E-state index contributed by atoms with van der Waals surface area (Å²) in [6, 6.07) is 9.86. The summed E-state index contributed by atoms with van der Waals surface area (Å²) in [7, 11) is 0. The lowest BCUT2D eigenvalue weighted by Crippen LogP contribution is -2.59. The quantitative estimate of drug-likeness (QED) is 0.486. The molecule has 6 nitrogen and oxygen atoms in total. The number of allylic oxidation sites excluding steroid dienone is 1. The van der Waals surface area contributed by atoms with Gasteiger partial charge in [0.15, 0.2) is 0 Å². The van der Waals surface area contributed by atoms with E-state index in [4.69, 9.17) is 10.5 Å². The van der Waals surface area contributed by atoms with E-state index in [-0.39, 0.29) is 23.3 Å². The van der Waals surface area contributed by atoms with Gasteiger partial charge in [0.25, 0.3) is 5.91 Å². The van der Waals surface area contributed by atoms with Gasteiger partial charge in [-0.05, 0) is 75.7 Å². The molecular formula is C28H33N3O3S. The van der Waals surface area contributed by atoms with E-state index in [9.17, 15) is 9.59 Å². The first-order valence-electron chi connectivity index (χ1n) is 12.8. The number of anilines is 2. The van der Waals surface area contributed by atoms with Gasteiger partial charge in [0, 0.05) is 22.7 Å². The lowest BCUT2D eigenvalue weighted by molar-refractivity contribution is -0.138. The molecule has 2 aromatic rings. The van der Waals surface area contributed by atoms with Crippen LogP contribution in [0.5, 0.6) is 0 Å². The van der Waals surface area contributed by atoms with Crippen LogP contribution in [-0.4, -0.2) is 24.0 Å². The van der Waals surface area contributed by atoms with Gasteiger partial charge in [-0.15, -0.1) is 11.3 Å². The second kappa shape index (κ2) is 8.40. The van der Waals surface area contributed by atoms with Crippen LogP contribution in [0.25, 0.3) is 0 Å². The lowest BCUT2D eigenvalue weighted by Gasteiger charge is -2.56. The number of hydrogen-bond donors (Lipinski definition) is 3. The third-order valence-electron chi connectivity index (χ3n) is 8.52. The Kier molecular flexibility index (Phi) is 5.44. The number of nitrogen functional groups attached to an aromatic ring is 1. The second-order valence-electron chi connectivity index (χ2n) is 11.0. The number of esters is 1. The largest absolute Gasteiger partial charge is 0.463 e. The zero-order valence-electron chi connectivity index (χ0n) is 20.4. The number of amides is 1. The van der Waals surface area contributed by atoms with Crippen molar-refractivity contribution in [2.75, 3.05) is 17.7 Å². The fraction of sp³-hybridized carbons (Fsp3) is 0.500. The third kappa shape index (κ3) is 3.75. The fourth-order valence-electron chi connectivity index (χ4n) is 7.62. The van der Waals surface area contributed by atoms with Gasteiger partial charge in [-0.1, -0.05) is 30.3 Å². The SMILES string of the molecule is CCOC(=O)C1=C(C)Nc2sc(C(=O)NC34CC5CC(CC(C5)C3)C4)c(N)c2C1c1ccccc1. The Morgan fingerprint density at radius 3 is 2.34 bits per heavy atom. The molecule has 7 heteroatoms. The molecule has 4 bridgehead atoms. The van der Waals surface area contributed by atoms with E-state index in [0.29, 0.717) is 22.7 Å². The van der Waals surface area contributed by atoms with Crippen molar-refractivity contribution in [1.82, 2.24) is 5.32 Å². The Labute approximate surface area is 210 Å². The van der Waals surface area contributed by atoms with Crippen LogP contribution in [0.1, 0.15) is 79.1 Å². The van der Waals surface area contributed by atoms with Crippen LogP contribution in [0.4, 0.5) is 10.7 Å². The lowest BCUT2D eigenvalue weighted by atomic mass is 9.53. The van der Waals surface area contributed by atoms with Crippen molar-refractivity contribution < 1.29 is 14.3 Å². The minimum atomic E-state index is -0.385. The van der Waals surface area contributed by atoms with E-state index in [1.165, 1.54) is 30.6 Å².